The lowest BCUT2D eigenvalue weighted by atomic mass is 9.70. The molecule has 12 heavy (non-hydrogen) atoms. The molecule has 1 saturated carbocycles. The Balaban J connectivity index is 0.000000213. The van der Waals surface area contributed by atoms with Crippen LogP contribution >= 0.6 is 0 Å². The molecule has 0 heterocycles. The van der Waals surface area contributed by atoms with E-state index >= 15 is 0 Å². The molecule has 0 amide bonds. The molecule has 1 unspecified atom stereocenters. The second-order valence-corrected chi connectivity index (χ2v) is 3.64. The van der Waals surface area contributed by atoms with E-state index < -0.39 is 0 Å². The van der Waals surface area contributed by atoms with Crippen LogP contribution in [0.15, 0.2) is 22.9 Å². The highest BCUT2D eigenvalue weighted by Gasteiger charge is 2.30. The van der Waals surface area contributed by atoms with Crippen molar-refractivity contribution in [3.05, 3.63) is 22.9 Å². The number of hydrogen-bond acceptors (Lipinski definition) is 1. The summed E-state index contributed by atoms with van der Waals surface area (Å²) in [5, 5.41) is 0. The van der Waals surface area contributed by atoms with Gasteiger partial charge in [-0.2, -0.15) is 0 Å². The Kier molecular flexibility index (Phi) is 2.96. The van der Waals surface area contributed by atoms with E-state index in [-0.39, 0.29) is 0 Å². The molecular weight excluding hydrogens is 146 g/mol. The van der Waals surface area contributed by atoms with Crippen LogP contribution in [0.3, 0.4) is 0 Å². The Morgan fingerprint density at radius 1 is 1.50 bits per heavy atom. The van der Waals surface area contributed by atoms with Gasteiger partial charge in [0.05, 0.1) is 0 Å². The highest BCUT2D eigenvalue weighted by atomic mass is 14.6. The SMILES string of the molecule is CC1C2=CCC(N)=C1C2.CCC. The number of fused-ring (bicyclic) bond motifs is 2. The summed E-state index contributed by atoms with van der Waals surface area (Å²) >= 11 is 0. The Morgan fingerprint density at radius 3 is 2.33 bits per heavy atom. The van der Waals surface area contributed by atoms with E-state index in [1.165, 1.54) is 18.4 Å². The van der Waals surface area contributed by atoms with Crippen LogP contribution in [0, 0.1) is 5.92 Å². The van der Waals surface area contributed by atoms with E-state index in [0.29, 0.717) is 5.92 Å². The molecule has 3 aliphatic rings. The van der Waals surface area contributed by atoms with Gasteiger partial charge in [0.2, 0.25) is 0 Å². The van der Waals surface area contributed by atoms with Gasteiger partial charge in [-0.05, 0) is 12.0 Å². The van der Waals surface area contributed by atoms with Crippen molar-refractivity contribution in [3.8, 4) is 0 Å². The lowest BCUT2D eigenvalue weighted by molar-refractivity contribution is 0.603. The molecule has 1 heteroatoms. The first-order valence-corrected chi connectivity index (χ1v) is 4.87. The van der Waals surface area contributed by atoms with E-state index in [2.05, 4.69) is 26.8 Å². The summed E-state index contributed by atoms with van der Waals surface area (Å²) in [5.41, 5.74) is 9.95. The molecule has 68 valence electrons. The molecule has 1 fully saturated rings. The second-order valence-electron chi connectivity index (χ2n) is 3.64. The predicted octanol–water partition coefficient (Wildman–Crippen LogP) is 2.99. The summed E-state index contributed by atoms with van der Waals surface area (Å²) in [7, 11) is 0. The second kappa shape index (κ2) is 3.79. The largest absolute Gasteiger partial charge is 0.402 e. The predicted molar refractivity (Wildman–Crippen MR) is 53.7 cm³/mol. The van der Waals surface area contributed by atoms with E-state index in [1.807, 2.05) is 0 Å². The fourth-order valence-corrected chi connectivity index (χ4v) is 1.63. The van der Waals surface area contributed by atoms with Crippen LogP contribution in [-0.2, 0) is 0 Å². The average molecular weight is 165 g/mol. The maximum atomic E-state index is 5.74. The van der Waals surface area contributed by atoms with Gasteiger partial charge in [0.15, 0.2) is 0 Å². The van der Waals surface area contributed by atoms with E-state index in [9.17, 15) is 0 Å². The summed E-state index contributed by atoms with van der Waals surface area (Å²) < 4.78 is 0. The van der Waals surface area contributed by atoms with Crippen LogP contribution in [0.4, 0.5) is 0 Å². The van der Waals surface area contributed by atoms with Gasteiger partial charge in [-0.1, -0.05) is 38.8 Å². The summed E-state index contributed by atoms with van der Waals surface area (Å²) in [4.78, 5) is 0. The Hall–Kier alpha value is -0.720. The lowest BCUT2D eigenvalue weighted by Crippen LogP contribution is -2.24. The maximum absolute atomic E-state index is 5.74. The van der Waals surface area contributed by atoms with Gasteiger partial charge in [-0.25, -0.2) is 0 Å². The smallest absolute Gasteiger partial charge is 0.0120 e. The minimum atomic E-state index is 0.693. The standard InChI is InChI=1S/C8H11N.C3H8/c1-5-6-2-3-8(9)7(5)4-6;1-3-2/h2,5H,3-4,9H2,1H3;3H2,1-2H3. The summed E-state index contributed by atoms with van der Waals surface area (Å²) in [5.74, 6) is 0.693. The van der Waals surface area contributed by atoms with Crippen molar-refractivity contribution in [2.45, 2.75) is 40.0 Å². The third-order valence-corrected chi connectivity index (χ3v) is 2.47. The molecule has 0 radical (unpaired) electrons. The molecule has 0 aromatic heterocycles. The summed E-state index contributed by atoms with van der Waals surface area (Å²) in [6, 6.07) is 0. The van der Waals surface area contributed by atoms with Gasteiger partial charge < -0.3 is 5.73 Å². The molecule has 0 saturated heterocycles. The fraction of sp³-hybridized carbons (Fsp3) is 0.636. The first-order valence-electron chi connectivity index (χ1n) is 4.87. The van der Waals surface area contributed by atoms with Crippen molar-refractivity contribution >= 4 is 0 Å². The van der Waals surface area contributed by atoms with Crippen molar-refractivity contribution < 1.29 is 0 Å². The average Bonchev–Trinajstić information content (AvgIpc) is 2.04. The molecule has 3 rings (SSSR count). The number of allylic oxidation sites excluding steroid dienone is 3. The normalized spacial score (nSPS) is 25.2. The van der Waals surface area contributed by atoms with Crippen LogP contribution in [0.25, 0.3) is 0 Å². The van der Waals surface area contributed by atoms with E-state index in [1.54, 1.807) is 5.57 Å². The highest BCUT2D eigenvalue weighted by Crippen LogP contribution is 2.44. The number of rotatable bonds is 0. The van der Waals surface area contributed by atoms with Crippen LogP contribution in [-0.4, -0.2) is 0 Å². The highest BCUT2D eigenvalue weighted by molar-refractivity contribution is 5.43. The maximum Gasteiger partial charge on any atom is 0.0120 e. The third kappa shape index (κ3) is 1.55. The van der Waals surface area contributed by atoms with Crippen LogP contribution < -0.4 is 5.73 Å². The van der Waals surface area contributed by atoms with Crippen molar-refractivity contribution in [2.24, 2.45) is 11.7 Å². The zero-order valence-electron chi connectivity index (χ0n) is 8.35. The molecule has 0 aromatic carbocycles. The molecule has 3 aliphatic carbocycles. The van der Waals surface area contributed by atoms with Crippen molar-refractivity contribution in [2.75, 3.05) is 0 Å². The molecule has 0 aliphatic heterocycles. The topological polar surface area (TPSA) is 26.0 Å². The molecule has 0 aromatic rings. The van der Waals surface area contributed by atoms with Gasteiger partial charge in [0.1, 0.15) is 0 Å². The van der Waals surface area contributed by atoms with E-state index in [0.717, 1.165) is 12.1 Å². The monoisotopic (exact) mass is 165 g/mol. The van der Waals surface area contributed by atoms with Crippen LogP contribution in [0.1, 0.15) is 40.0 Å². The van der Waals surface area contributed by atoms with E-state index in [4.69, 9.17) is 5.73 Å². The Labute approximate surface area is 75.3 Å². The minimum Gasteiger partial charge on any atom is -0.402 e. The quantitative estimate of drug-likeness (QED) is 0.549. The summed E-state index contributed by atoms with van der Waals surface area (Å²) in [6.45, 7) is 6.48. The van der Waals surface area contributed by atoms with Gasteiger partial charge in [-0.15, -0.1) is 0 Å². The third-order valence-electron chi connectivity index (χ3n) is 2.47. The van der Waals surface area contributed by atoms with Crippen LogP contribution in [0.2, 0.25) is 0 Å². The number of hydrogen-bond donors (Lipinski definition) is 1. The molecule has 0 spiro atoms. The minimum absolute atomic E-state index is 0.693. The Bertz CT molecular complexity index is 223. The van der Waals surface area contributed by atoms with Gasteiger partial charge in [-0.3, -0.25) is 0 Å². The zero-order chi connectivity index (χ0) is 9.14. The molecule has 2 bridgehead atoms. The molecular formula is C11H19N. The number of nitrogens with two attached hydrogens (primary N) is 1. The lowest BCUT2D eigenvalue weighted by Gasteiger charge is -2.36. The van der Waals surface area contributed by atoms with Gasteiger partial charge in [0.25, 0.3) is 0 Å². The molecule has 2 N–H and O–H groups in total. The molecule has 1 atom stereocenters. The summed E-state index contributed by atoms with van der Waals surface area (Å²) in [6.07, 6.45) is 5.70. The Morgan fingerprint density at radius 2 is 2.08 bits per heavy atom. The van der Waals surface area contributed by atoms with Crippen molar-refractivity contribution in [1.29, 1.82) is 0 Å². The van der Waals surface area contributed by atoms with Crippen molar-refractivity contribution in [1.82, 2.24) is 0 Å². The van der Waals surface area contributed by atoms with Crippen LogP contribution in [0.5, 0.6) is 0 Å². The van der Waals surface area contributed by atoms with Gasteiger partial charge >= 0.3 is 0 Å². The first-order chi connectivity index (χ1) is 5.70. The molecule has 1 nitrogen and oxygen atoms in total. The van der Waals surface area contributed by atoms with Crippen molar-refractivity contribution in [3.63, 3.8) is 0 Å². The fourth-order valence-electron chi connectivity index (χ4n) is 1.63. The first kappa shape index (κ1) is 9.37. The van der Waals surface area contributed by atoms with Gasteiger partial charge in [0, 0.05) is 18.0 Å². The zero-order valence-corrected chi connectivity index (χ0v) is 8.35.